The molecule has 1 aromatic rings. The van der Waals surface area contributed by atoms with Gasteiger partial charge in [-0.05, 0) is 18.6 Å². The molecule has 0 radical (unpaired) electrons. The normalized spacial score (nSPS) is 19.2. The maximum Gasteiger partial charge on any atom is 0.387 e. The first-order chi connectivity index (χ1) is 10.3. The fraction of sp³-hybridized carbons (Fsp3) is 0.538. The van der Waals surface area contributed by atoms with Gasteiger partial charge in [-0.15, -0.1) is 0 Å². The first kappa shape index (κ1) is 16.9. The lowest BCUT2D eigenvalue weighted by Gasteiger charge is -2.22. The highest BCUT2D eigenvalue weighted by Crippen LogP contribution is 2.31. The summed E-state index contributed by atoms with van der Waals surface area (Å²) in [5.41, 5.74) is 0.536. The number of nitrogens with zero attached hydrogens (tertiary/aromatic N) is 2. The second-order valence-electron chi connectivity index (χ2n) is 5.18. The Morgan fingerprint density at radius 2 is 2.05 bits per heavy atom. The van der Waals surface area contributed by atoms with E-state index in [2.05, 4.69) is 9.46 Å². The summed E-state index contributed by atoms with van der Waals surface area (Å²) in [5.74, 6) is 0.0913. The summed E-state index contributed by atoms with van der Waals surface area (Å²) in [5, 5.41) is 0. The fourth-order valence-electron chi connectivity index (χ4n) is 2.31. The zero-order valence-electron chi connectivity index (χ0n) is 12.4. The Morgan fingerprint density at radius 3 is 2.68 bits per heavy atom. The molecule has 1 saturated heterocycles. The van der Waals surface area contributed by atoms with Crippen LogP contribution in [0.1, 0.15) is 6.42 Å². The van der Waals surface area contributed by atoms with Gasteiger partial charge in [-0.1, -0.05) is 12.1 Å². The molecule has 0 amide bonds. The van der Waals surface area contributed by atoms with E-state index >= 15 is 0 Å². The summed E-state index contributed by atoms with van der Waals surface area (Å²) in [7, 11) is -0.620. The van der Waals surface area contributed by atoms with Crippen molar-refractivity contribution in [2.24, 2.45) is 0 Å². The Kier molecular flexibility index (Phi) is 5.20. The van der Waals surface area contributed by atoms with E-state index in [0.717, 1.165) is 4.31 Å². The molecule has 0 saturated carbocycles. The number of para-hydroxylation sites is 2. The lowest BCUT2D eigenvalue weighted by molar-refractivity contribution is -0.0495. The van der Waals surface area contributed by atoms with Crippen molar-refractivity contribution >= 4 is 15.9 Å². The van der Waals surface area contributed by atoms with Crippen molar-refractivity contribution in [1.29, 1.82) is 0 Å². The largest absolute Gasteiger partial charge is 0.433 e. The van der Waals surface area contributed by atoms with Crippen LogP contribution in [-0.2, 0) is 10.2 Å². The molecule has 0 aliphatic carbocycles. The van der Waals surface area contributed by atoms with E-state index in [4.69, 9.17) is 0 Å². The molecule has 6 nitrogen and oxygen atoms in total. The number of nitrogens with one attached hydrogen (secondary N) is 1. The molecule has 0 bridgehead atoms. The molecule has 1 aromatic carbocycles. The molecule has 124 valence electrons. The highest BCUT2D eigenvalue weighted by molar-refractivity contribution is 7.87. The van der Waals surface area contributed by atoms with E-state index in [9.17, 15) is 17.2 Å². The maximum atomic E-state index is 12.4. The van der Waals surface area contributed by atoms with E-state index in [1.807, 2.05) is 4.90 Å². The fourth-order valence-corrected chi connectivity index (χ4v) is 3.13. The van der Waals surface area contributed by atoms with Crippen LogP contribution in [0.5, 0.6) is 5.75 Å². The van der Waals surface area contributed by atoms with Crippen LogP contribution < -0.4 is 14.4 Å². The van der Waals surface area contributed by atoms with Crippen LogP contribution in [0.3, 0.4) is 0 Å². The van der Waals surface area contributed by atoms with Crippen LogP contribution in [0, 0.1) is 0 Å². The van der Waals surface area contributed by atoms with Gasteiger partial charge in [0.2, 0.25) is 0 Å². The topological polar surface area (TPSA) is 61.9 Å². The average Bonchev–Trinajstić information content (AvgIpc) is 2.86. The van der Waals surface area contributed by atoms with Crippen LogP contribution in [0.15, 0.2) is 24.3 Å². The monoisotopic (exact) mass is 335 g/mol. The van der Waals surface area contributed by atoms with Gasteiger partial charge in [0.15, 0.2) is 0 Å². The Bertz CT molecular complexity index is 610. The summed E-state index contributed by atoms with van der Waals surface area (Å²) >= 11 is 0. The summed E-state index contributed by atoms with van der Waals surface area (Å²) in [4.78, 5) is 1.83. The van der Waals surface area contributed by atoms with Crippen LogP contribution >= 0.6 is 0 Å². The zero-order chi connectivity index (χ0) is 16.3. The van der Waals surface area contributed by atoms with Gasteiger partial charge in [0.1, 0.15) is 5.75 Å². The van der Waals surface area contributed by atoms with Gasteiger partial charge in [0.25, 0.3) is 10.2 Å². The highest BCUT2D eigenvalue weighted by Gasteiger charge is 2.29. The van der Waals surface area contributed by atoms with E-state index in [1.54, 1.807) is 18.2 Å². The third-order valence-corrected chi connectivity index (χ3v) is 5.00. The summed E-state index contributed by atoms with van der Waals surface area (Å²) < 4.78 is 56.7. The quantitative estimate of drug-likeness (QED) is 0.850. The molecule has 1 N–H and O–H groups in total. The molecule has 1 fully saturated rings. The van der Waals surface area contributed by atoms with Crippen molar-refractivity contribution < 1.29 is 21.9 Å². The van der Waals surface area contributed by atoms with E-state index in [1.165, 1.54) is 20.2 Å². The number of ether oxygens (including phenoxy) is 1. The van der Waals surface area contributed by atoms with E-state index < -0.39 is 16.8 Å². The van der Waals surface area contributed by atoms with Gasteiger partial charge < -0.3 is 9.64 Å². The minimum absolute atomic E-state index is 0.0913. The number of alkyl halides is 2. The predicted molar refractivity (Wildman–Crippen MR) is 79.4 cm³/mol. The number of hydrogen-bond acceptors (Lipinski definition) is 4. The van der Waals surface area contributed by atoms with Crippen LogP contribution in [0.25, 0.3) is 0 Å². The smallest absolute Gasteiger partial charge is 0.387 e. The van der Waals surface area contributed by atoms with Crippen molar-refractivity contribution in [1.82, 2.24) is 9.03 Å². The molecular formula is C13H19F2N3O3S. The van der Waals surface area contributed by atoms with Gasteiger partial charge >= 0.3 is 6.61 Å². The Labute approximate surface area is 128 Å². The second kappa shape index (κ2) is 6.76. The molecule has 22 heavy (non-hydrogen) atoms. The molecule has 1 atom stereocenters. The summed E-state index contributed by atoms with van der Waals surface area (Å²) in [6, 6.07) is 6.22. The molecule has 1 aliphatic heterocycles. The van der Waals surface area contributed by atoms with Crippen LogP contribution in [0.2, 0.25) is 0 Å². The first-order valence-corrected chi connectivity index (χ1v) is 8.22. The maximum absolute atomic E-state index is 12.4. The van der Waals surface area contributed by atoms with Gasteiger partial charge in [-0.2, -0.15) is 26.2 Å². The Hall–Kier alpha value is -1.45. The van der Waals surface area contributed by atoms with Crippen molar-refractivity contribution in [3.05, 3.63) is 24.3 Å². The third-order valence-electron chi connectivity index (χ3n) is 3.41. The van der Waals surface area contributed by atoms with Crippen LogP contribution in [-0.4, -0.2) is 52.6 Å². The van der Waals surface area contributed by atoms with Crippen molar-refractivity contribution in [2.45, 2.75) is 19.1 Å². The lowest BCUT2D eigenvalue weighted by atomic mass is 10.2. The standard InChI is InChI=1S/C13H19F2N3O3S/c1-17(2)22(19,20)16-10-7-8-18(9-10)11-5-3-4-6-12(11)21-13(14)15/h3-6,10,13,16H,7-9H2,1-2H3/t10-/m1/s1. The highest BCUT2D eigenvalue weighted by atomic mass is 32.2. The molecular weight excluding hydrogens is 316 g/mol. The molecule has 0 unspecified atom stereocenters. The number of benzene rings is 1. The predicted octanol–water partition coefficient (Wildman–Crippen LogP) is 1.26. The average molecular weight is 335 g/mol. The number of halogens is 2. The van der Waals surface area contributed by atoms with Crippen LogP contribution in [0.4, 0.5) is 14.5 Å². The SMILES string of the molecule is CN(C)S(=O)(=O)N[C@@H]1CCN(c2ccccc2OC(F)F)C1. The number of hydrogen-bond donors (Lipinski definition) is 1. The molecule has 0 spiro atoms. The lowest BCUT2D eigenvalue weighted by Crippen LogP contribution is -2.43. The molecule has 2 rings (SSSR count). The second-order valence-corrected chi connectivity index (χ2v) is 7.10. The number of rotatable bonds is 6. The van der Waals surface area contributed by atoms with E-state index in [-0.39, 0.29) is 11.8 Å². The minimum atomic E-state index is -3.51. The zero-order valence-corrected chi connectivity index (χ0v) is 13.2. The van der Waals surface area contributed by atoms with Crippen molar-refractivity contribution in [3.63, 3.8) is 0 Å². The van der Waals surface area contributed by atoms with Crippen molar-refractivity contribution in [3.8, 4) is 5.75 Å². The number of anilines is 1. The van der Waals surface area contributed by atoms with Gasteiger partial charge in [-0.3, -0.25) is 0 Å². The summed E-state index contributed by atoms with van der Waals surface area (Å²) in [6.45, 7) is -1.94. The van der Waals surface area contributed by atoms with Gasteiger partial charge in [-0.25, -0.2) is 0 Å². The first-order valence-electron chi connectivity index (χ1n) is 6.78. The van der Waals surface area contributed by atoms with Gasteiger partial charge in [0.05, 0.1) is 5.69 Å². The molecule has 1 aliphatic rings. The summed E-state index contributed by atoms with van der Waals surface area (Å²) in [6.07, 6.45) is 0.593. The molecule has 9 heteroatoms. The molecule has 0 aromatic heterocycles. The molecule has 1 heterocycles. The Morgan fingerprint density at radius 1 is 1.36 bits per heavy atom. The van der Waals surface area contributed by atoms with E-state index in [0.29, 0.717) is 25.2 Å². The Balaban J connectivity index is 2.08. The van der Waals surface area contributed by atoms with Gasteiger partial charge in [0, 0.05) is 33.2 Å². The minimum Gasteiger partial charge on any atom is -0.433 e. The van der Waals surface area contributed by atoms with Crippen molar-refractivity contribution in [2.75, 3.05) is 32.1 Å². The third kappa shape index (κ3) is 4.05.